The first-order chi connectivity index (χ1) is 10.2. The summed E-state index contributed by atoms with van der Waals surface area (Å²) in [5.74, 6) is 1.61. The van der Waals surface area contributed by atoms with E-state index in [9.17, 15) is 4.79 Å². The zero-order chi connectivity index (χ0) is 14.7. The third kappa shape index (κ3) is 3.51. The number of H-pyrrole nitrogens is 1. The van der Waals surface area contributed by atoms with Gasteiger partial charge in [-0.15, -0.1) is 0 Å². The van der Waals surface area contributed by atoms with Gasteiger partial charge >= 0.3 is 0 Å². The Morgan fingerprint density at radius 2 is 2.43 bits per heavy atom. The number of nitrogens with one attached hydrogen (secondary N) is 2. The maximum atomic E-state index is 12.1. The molecule has 0 aliphatic heterocycles. The van der Waals surface area contributed by atoms with E-state index in [1.165, 1.54) is 12.8 Å². The first-order valence-electron chi connectivity index (χ1n) is 7.48. The van der Waals surface area contributed by atoms with Crippen molar-refractivity contribution < 1.29 is 4.79 Å². The molecule has 1 amide bonds. The Morgan fingerprint density at radius 1 is 1.57 bits per heavy atom. The van der Waals surface area contributed by atoms with Crippen molar-refractivity contribution >= 4 is 5.91 Å². The van der Waals surface area contributed by atoms with E-state index in [0.29, 0.717) is 12.3 Å². The average Bonchev–Trinajstić information content (AvgIpc) is 3.01. The molecule has 6 nitrogen and oxygen atoms in total. The molecule has 1 aliphatic rings. The number of carbonyl (C=O) groups excluding carboxylic acids is 1. The Kier molecular flexibility index (Phi) is 4.03. The SMILES string of the molecule is Cn1ccnc1[C@H](NC(=O)CCCc1cn[nH]c1)C1CC1. The molecule has 6 heteroatoms. The van der Waals surface area contributed by atoms with Crippen LogP contribution < -0.4 is 5.32 Å². The molecule has 0 bridgehead atoms. The summed E-state index contributed by atoms with van der Waals surface area (Å²) in [5, 5.41) is 9.85. The molecule has 0 radical (unpaired) electrons. The summed E-state index contributed by atoms with van der Waals surface area (Å²) in [7, 11) is 1.97. The molecule has 0 unspecified atom stereocenters. The van der Waals surface area contributed by atoms with Gasteiger partial charge in [-0.2, -0.15) is 5.10 Å². The maximum Gasteiger partial charge on any atom is 0.220 e. The molecule has 1 saturated carbocycles. The van der Waals surface area contributed by atoms with Gasteiger partial charge in [-0.3, -0.25) is 9.89 Å². The van der Waals surface area contributed by atoms with Gasteiger partial charge in [0, 0.05) is 32.1 Å². The number of aromatic nitrogens is 4. The second-order valence-electron chi connectivity index (χ2n) is 5.74. The molecule has 1 atom stereocenters. The van der Waals surface area contributed by atoms with E-state index < -0.39 is 0 Å². The zero-order valence-electron chi connectivity index (χ0n) is 12.2. The van der Waals surface area contributed by atoms with Gasteiger partial charge in [0.05, 0.1) is 12.2 Å². The fraction of sp³-hybridized carbons (Fsp3) is 0.533. The number of imidazole rings is 1. The number of rotatable bonds is 7. The van der Waals surface area contributed by atoms with Crippen LogP contribution in [0.25, 0.3) is 0 Å². The number of aryl methyl sites for hydroxylation is 2. The Labute approximate surface area is 124 Å². The van der Waals surface area contributed by atoms with Gasteiger partial charge in [-0.1, -0.05) is 0 Å². The van der Waals surface area contributed by atoms with Gasteiger partial charge in [0.25, 0.3) is 0 Å². The molecular formula is C15H21N5O. The first-order valence-corrected chi connectivity index (χ1v) is 7.48. The molecule has 0 spiro atoms. The topological polar surface area (TPSA) is 75.6 Å². The largest absolute Gasteiger partial charge is 0.346 e. The lowest BCUT2D eigenvalue weighted by molar-refractivity contribution is -0.122. The second kappa shape index (κ2) is 6.11. The van der Waals surface area contributed by atoms with Gasteiger partial charge < -0.3 is 9.88 Å². The van der Waals surface area contributed by atoms with Crippen molar-refractivity contribution in [3.63, 3.8) is 0 Å². The van der Waals surface area contributed by atoms with Gasteiger partial charge in [0.2, 0.25) is 5.91 Å². The van der Waals surface area contributed by atoms with Crippen LogP contribution >= 0.6 is 0 Å². The highest BCUT2D eigenvalue weighted by Gasteiger charge is 2.35. The lowest BCUT2D eigenvalue weighted by Crippen LogP contribution is -2.31. The molecule has 2 N–H and O–H groups in total. The van der Waals surface area contributed by atoms with Gasteiger partial charge in [-0.05, 0) is 37.2 Å². The summed E-state index contributed by atoms with van der Waals surface area (Å²) in [6.07, 6.45) is 12.0. The average molecular weight is 287 g/mol. The lowest BCUT2D eigenvalue weighted by atomic mass is 10.1. The molecular weight excluding hydrogens is 266 g/mol. The number of carbonyl (C=O) groups is 1. The number of amides is 1. The molecule has 1 fully saturated rings. The van der Waals surface area contributed by atoms with Gasteiger partial charge in [0.1, 0.15) is 5.82 Å². The van der Waals surface area contributed by atoms with Crippen LogP contribution in [0.15, 0.2) is 24.8 Å². The van der Waals surface area contributed by atoms with E-state index in [-0.39, 0.29) is 11.9 Å². The first kappa shape index (κ1) is 13.9. The van der Waals surface area contributed by atoms with E-state index in [1.54, 1.807) is 12.4 Å². The standard InChI is InChI=1S/C15H21N5O/c1-20-8-7-16-15(20)14(12-5-6-12)19-13(21)4-2-3-11-9-17-18-10-11/h7-10,12,14H,2-6H2,1H3,(H,17,18)(H,19,21)/t14-/m1/s1. The molecule has 3 rings (SSSR count). The highest BCUT2D eigenvalue weighted by Crippen LogP contribution is 2.40. The summed E-state index contributed by atoms with van der Waals surface area (Å²) in [5.41, 5.74) is 1.14. The van der Waals surface area contributed by atoms with Gasteiger partial charge in [-0.25, -0.2) is 4.98 Å². The second-order valence-corrected chi connectivity index (χ2v) is 5.74. The van der Waals surface area contributed by atoms with Crippen LogP contribution in [-0.2, 0) is 18.3 Å². The van der Waals surface area contributed by atoms with Gasteiger partial charge in [0.15, 0.2) is 0 Å². The summed E-state index contributed by atoms with van der Waals surface area (Å²) < 4.78 is 1.99. The van der Waals surface area contributed by atoms with E-state index in [4.69, 9.17) is 0 Å². The van der Waals surface area contributed by atoms with Crippen molar-refractivity contribution in [2.75, 3.05) is 0 Å². The van der Waals surface area contributed by atoms with Crippen molar-refractivity contribution in [2.45, 2.75) is 38.1 Å². The van der Waals surface area contributed by atoms with Crippen LogP contribution in [0, 0.1) is 5.92 Å². The third-order valence-corrected chi connectivity index (χ3v) is 3.97. The van der Waals surface area contributed by atoms with Crippen LogP contribution in [-0.4, -0.2) is 25.7 Å². The molecule has 0 aromatic carbocycles. The molecule has 21 heavy (non-hydrogen) atoms. The molecule has 0 saturated heterocycles. The van der Waals surface area contributed by atoms with E-state index in [0.717, 1.165) is 24.2 Å². The Balaban J connectivity index is 1.51. The number of hydrogen-bond donors (Lipinski definition) is 2. The van der Waals surface area contributed by atoms with Crippen molar-refractivity contribution in [1.82, 2.24) is 25.1 Å². The Bertz CT molecular complexity index is 585. The molecule has 112 valence electrons. The minimum absolute atomic E-state index is 0.0615. The number of hydrogen-bond acceptors (Lipinski definition) is 3. The monoisotopic (exact) mass is 287 g/mol. The maximum absolute atomic E-state index is 12.1. The zero-order valence-corrected chi connectivity index (χ0v) is 12.2. The fourth-order valence-corrected chi connectivity index (χ4v) is 2.61. The predicted octanol–water partition coefficient (Wildman–Crippen LogP) is 1.73. The highest BCUT2D eigenvalue weighted by atomic mass is 16.1. The van der Waals surface area contributed by atoms with Crippen LogP contribution in [0.5, 0.6) is 0 Å². The Morgan fingerprint density at radius 3 is 3.05 bits per heavy atom. The highest BCUT2D eigenvalue weighted by molar-refractivity contribution is 5.76. The minimum atomic E-state index is 0.0615. The van der Waals surface area contributed by atoms with E-state index in [1.807, 2.05) is 24.0 Å². The molecule has 1 aliphatic carbocycles. The summed E-state index contributed by atoms with van der Waals surface area (Å²) in [6.45, 7) is 0. The summed E-state index contributed by atoms with van der Waals surface area (Å²) in [6, 6.07) is 0.0615. The Hall–Kier alpha value is -2.11. The molecule has 2 heterocycles. The van der Waals surface area contributed by atoms with Crippen LogP contribution in [0.2, 0.25) is 0 Å². The fourth-order valence-electron chi connectivity index (χ4n) is 2.61. The van der Waals surface area contributed by atoms with Crippen molar-refractivity contribution in [1.29, 1.82) is 0 Å². The predicted molar refractivity (Wildman–Crippen MR) is 78.3 cm³/mol. The third-order valence-electron chi connectivity index (χ3n) is 3.97. The van der Waals surface area contributed by atoms with Crippen LogP contribution in [0.1, 0.15) is 43.1 Å². The van der Waals surface area contributed by atoms with Crippen molar-refractivity contribution in [2.24, 2.45) is 13.0 Å². The summed E-state index contributed by atoms with van der Waals surface area (Å²) >= 11 is 0. The lowest BCUT2D eigenvalue weighted by Gasteiger charge is -2.18. The normalized spacial score (nSPS) is 15.9. The van der Waals surface area contributed by atoms with E-state index >= 15 is 0 Å². The minimum Gasteiger partial charge on any atom is -0.346 e. The summed E-state index contributed by atoms with van der Waals surface area (Å²) in [4.78, 5) is 16.5. The molecule has 2 aromatic rings. The number of nitrogens with zero attached hydrogens (tertiary/aromatic N) is 3. The van der Waals surface area contributed by atoms with Crippen molar-refractivity contribution in [3.05, 3.63) is 36.2 Å². The van der Waals surface area contributed by atoms with Crippen molar-refractivity contribution in [3.8, 4) is 0 Å². The smallest absolute Gasteiger partial charge is 0.220 e. The van der Waals surface area contributed by atoms with Crippen LogP contribution in [0.4, 0.5) is 0 Å². The molecule has 2 aromatic heterocycles. The quantitative estimate of drug-likeness (QED) is 0.814. The van der Waals surface area contributed by atoms with Crippen LogP contribution in [0.3, 0.4) is 0 Å². The number of aromatic amines is 1. The van der Waals surface area contributed by atoms with E-state index in [2.05, 4.69) is 20.5 Å².